The molecule has 0 aliphatic rings. The first-order valence-corrected chi connectivity index (χ1v) is 8.85. The Morgan fingerprint density at radius 3 is 2.40 bits per heavy atom. The van der Waals surface area contributed by atoms with Crippen molar-refractivity contribution in [1.29, 1.82) is 0 Å². The van der Waals surface area contributed by atoms with Gasteiger partial charge in [0.2, 0.25) is 5.43 Å². The van der Waals surface area contributed by atoms with Gasteiger partial charge in [-0.1, -0.05) is 18.2 Å². The zero-order valence-corrected chi connectivity index (χ0v) is 16.1. The van der Waals surface area contributed by atoms with Crippen molar-refractivity contribution < 1.29 is 22.4 Å². The number of carbonyl (C=O) groups excluding carboxylic acids is 1. The van der Waals surface area contributed by atoms with Crippen molar-refractivity contribution in [2.45, 2.75) is 19.6 Å². The standard InChI is InChI=1S/C21H17F4N3O2/c1-13-10-18(29)19(20(30)27(2)12-14-6-8-16(22)9-7-14)26-28(13)17-5-3-4-15(11-17)21(23,24)25/h3-11H,12H2,1-2H3. The number of halogens is 4. The number of amides is 1. The Hall–Kier alpha value is -3.49. The summed E-state index contributed by atoms with van der Waals surface area (Å²) in [6.07, 6.45) is -4.54. The van der Waals surface area contributed by atoms with Crippen molar-refractivity contribution in [3.63, 3.8) is 0 Å². The Bertz CT molecular complexity index is 1140. The maximum atomic E-state index is 13.0. The molecule has 30 heavy (non-hydrogen) atoms. The average molecular weight is 419 g/mol. The molecular formula is C21H17F4N3O2. The lowest BCUT2D eigenvalue weighted by Gasteiger charge is -2.18. The number of nitrogens with zero attached hydrogens (tertiary/aromatic N) is 3. The van der Waals surface area contributed by atoms with Crippen molar-refractivity contribution in [3.8, 4) is 5.69 Å². The second kappa shape index (κ2) is 8.10. The molecule has 0 N–H and O–H groups in total. The lowest BCUT2D eigenvalue weighted by molar-refractivity contribution is -0.137. The second-order valence-corrected chi connectivity index (χ2v) is 6.75. The van der Waals surface area contributed by atoms with E-state index < -0.39 is 34.6 Å². The van der Waals surface area contributed by atoms with Gasteiger partial charge < -0.3 is 4.90 Å². The van der Waals surface area contributed by atoms with Gasteiger partial charge in [-0.2, -0.15) is 18.3 Å². The maximum absolute atomic E-state index is 13.0. The Balaban J connectivity index is 1.96. The first-order chi connectivity index (χ1) is 14.1. The van der Waals surface area contributed by atoms with Crippen LogP contribution in [0, 0.1) is 12.7 Å². The highest BCUT2D eigenvalue weighted by Gasteiger charge is 2.30. The van der Waals surface area contributed by atoms with Crippen LogP contribution >= 0.6 is 0 Å². The third-order valence-electron chi connectivity index (χ3n) is 4.41. The van der Waals surface area contributed by atoms with Crippen molar-refractivity contribution >= 4 is 5.91 Å². The Kier molecular flexibility index (Phi) is 5.73. The summed E-state index contributed by atoms with van der Waals surface area (Å²) >= 11 is 0. The van der Waals surface area contributed by atoms with Gasteiger partial charge in [0.05, 0.1) is 11.3 Å². The number of hydrogen-bond donors (Lipinski definition) is 0. The minimum atomic E-state index is -4.54. The maximum Gasteiger partial charge on any atom is 0.416 e. The van der Waals surface area contributed by atoms with Crippen LogP contribution < -0.4 is 5.43 Å². The fourth-order valence-corrected chi connectivity index (χ4v) is 2.89. The van der Waals surface area contributed by atoms with Gasteiger partial charge in [-0.05, 0) is 42.8 Å². The molecule has 0 saturated heterocycles. The quantitative estimate of drug-likeness (QED) is 0.602. The van der Waals surface area contributed by atoms with Crippen LogP contribution in [0.4, 0.5) is 17.6 Å². The van der Waals surface area contributed by atoms with Crippen LogP contribution in [-0.2, 0) is 12.7 Å². The first kappa shape index (κ1) is 21.2. The van der Waals surface area contributed by atoms with Gasteiger partial charge in [0.25, 0.3) is 5.91 Å². The van der Waals surface area contributed by atoms with Crippen molar-refractivity contribution in [3.05, 3.63) is 93.2 Å². The summed E-state index contributed by atoms with van der Waals surface area (Å²) in [7, 11) is 1.45. The molecule has 156 valence electrons. The summed E-state index contributed by atoms with van der Waals surface area (Å²) in [5, 5.41) is 4.03. The number of aromatic nitrogens is 2. The van der Waals surface area contributed by atoms with E-state index >= 15 is 0 Å². The molecule has 1 aromatic heterocycles. The third kappa shape index (κ3) is 4.56. The minimum absolute atomic E-state index is 0.0672. The van der Waals surface area contributed by atoms with Crippen LogP contribution in [0.3, 0.4) is 0 Å². The summed E-state index contributed by atoms with van der Waals surface area (Å²) in [4.78, 5) is 26.3. The normalized spacial score (nSPS) is 11.4. The van der Waals surface area contributed by atoms with E-state index in [0.29, 0.717) is 5.56 Å². The molecular weight excluding hydrogens is 402 g/mol. The van der Waals surface area contributed by atoms with Crippen LogP contribution in [0.25, 0.3) is 5.69 Å². The predicted octanol–water partition coefficient (Wildman–Crippen LogP) is 3.97. The van der Waals surface area contributed by atoms with E-state index in [1.54, 1.807) is 0 Å². The van der Waals surface area contributed by atoms with E-state index in [9.17, 15) is 27.2 Å². The third-order valence-corrected chi connectivity index (χ3v) is 4.41. The molecule has 0 fully saturated rings. The van der Waals surface area contributed by atoms with Crippen LogP contribution in [0.15, 0.2) is 59.4 Å². The summed E-state index contributed by atoms with van der Waals surface area (Å²) in [5.74, 6) is -1.12. The van der Waals surface area contributed by atoms with Crippen LogP contribution in [0.5, 0.6) is 0 Å². The lowest BCUT2D eigenvalue weighted by atomic mass is 10.2. The highest BCUT2D eigenvalue weighted by molar-refractivity contribution is 5.91. The van der Waals surface area contributed by atoms with Crippen LogP contribution in [0.2, 0.25) is 0 Å². The molecule has 0 aliphatic carbocycles. The van der Waals surface area contributed by atoms with E-state index in [1.165, 1.54) is 55.3 Å². The van der Waals surface area contributed by atoms with Crippen LogP contribution in [-0.4, -0.2) is 27.6 Å². The SMILES string of the molecule is Cc1cc(=O)c(C(=O)N(C)Cc2ccc(F)cc2)nn1-c1cccc(C(F)(F)F)c1. The molecule has 5 nitrogen and oxygen atoms in total. The minimum Gasteiger partial charge on any atom is -0.336 e. The van der Waals surface area contributed by atoms with Gasteiger partial charge in [0.15, 0.2) is 5.69 Å². The Morgan fingerprint density at radius 1 is 1.10 bits per heavy atom. The molecule has 0 bridgehead atoms. The largest absolute Gasteiger partial charge is 0.416 e. The highest BCUT2D eigenvalue weighted by Crippen LogP contribution is 2.30. The number of aryl methyl sites for hydroxylation is 1. The molecule has 0 aliphatic heterocycles. The van der Waals surface area contributed by atoms with Gasteiger partial charge in [0, 0.05) is 25.4 Å². The fraction of sp³-hybridized carbons (Fsp3) is 0.190. The number of benzene rings is 2. The average Bonchev–Trinajstić information content (AvgIpc) is 2.69. The van der Waals surface area contributed by atoms with E-state index in [-0.39, 0.29) is 17.9 Å². The van der Waals surface area contributed by atoms with E-state index in [2.05, 4.69) is 5.10 Å². The van der Waals surface area contributed by atoms with Crippen molar-refractivity contribution in [2.24, 2.45) is 0 Å². The summed E-state index contributed by atoms with van der Waals surface area (Å²) in [5.41, 5.74) is -0.970. The molecule has 0 unspecified atom stereocenters. The molecule has 2 aromatic carbocycles. The fourth-order valence-electron chi connectivity index (χ4n) is 2.89. The Labute approximate surface area is 169 Å². The predicted molar refractivity (Wildman–Crippen MR) is 102 cm³/mol. The Morgan fingerprint density at radius 2 is 1.77 bits per heavy atom. The molecule has 0 saturated carbocycles. The number of alkyl halides is 3. The molecule has 3 rings (SSSR count). The molecule has 1 heterocycles. The number of carbonyl (C=O) groups is 1. The second-order valence-electron chi connectivity index (χ2n) is 6.75. The van der Waals surface area contributed by atoms with Crippen LogP contribution in [0.1, 0.15) is 27.3 Å². The summed E-state index contributed by atoms with van der Waals surface area (Å²) in [6.45, 7) is 1.60. The summed E-state index contributed by atoms with van der Waals surface area (Å²) < 4.78 is 53.3. The topological polar surface area (TPSA) is 55.2 Å². The molecule has 0 atom stereocenters. The van der Waals surface area contributed by atoms with Crippen molar-refractivity contribution in [1.82, 2.24) is 14.7 Å². The van der Waals surface area contributed by atoms with Crippen molar-refractivity contribution in [2.75, 3.05) is 7.05 Å². The van der Waals surface area contributed by atoms with E-state index in [4.69, 9.17) is 0 Å². The van der Waals surface area contributed by atoms with Gasteiger partial charge in [-0.25, -0.2) is 9.07 Å². The van der Waals surface area contributed by atoms with E-state index in [1.807, 2.05) is 0 Å². The zero-order chi connectivity index (χ0) is 22.1. The monoisotopic (exact) mass is 419 g/mol. The molecule has 0 spiro atoms. The summed E-state index contributed by atoms with van der Waals surface area (Å²) in [6, 6.07) is 11.1. The van der Waals surface area contributed by atoms with Gasteiger partial charge in [-0.3, -0.25) is 9.59 Å². The lowest BCUT2D eigenvalue weighted by Crippen LogP contribution is -2.33. The highest BCUT2D eigenvalue weighted by atomic mass is 19.4. The van der Waals surface area contributed by atoms with Gasteiger partial charge in [-0.15, -0.1) is 0 Å². The van der Waals surface area contributed by atoms with E-state index in [0.717, 1.165) is 22.9 Å². The zero-order valence-electron chi connectivity index (χ0n) is 16.1. The number of hydrogen-bond acceptors (Lipinski definition) is 3. The first-order valence-electron chi connectivity index (χ1n) is 8.85. The molecule has 1 amide bonds. The van der Waals surface area contributed by atoms with Gasteiger partial charge in [0.1, 0.15) is 5.82 Å². The molecule has 9 heteroatoms. The molecule has 3 aromatic rings. The number of rotatable bonds is 4. The molecule has 0 radical (unpaired) electrons. The van der Waals surface area contributed by atoms with Gasteiger partial charge >= 0.3 is 6.18 Å². The smallest absolute Gasteiger partial charge is 0.336 e.